The lowest BCUT2D eigenvalue weighted by Crippen LogP contribution is -2.22. The van der Waals surface area contributed by atoms with Crippen molar-refractivity contribution in [2.45, 2.75) is 11.3 Å². The Morgan fingerprint density at radius 2 is 1.83 bits per heavy atom. The first-order valence-corrected chi connectivity index (χ1v) is 11.8. The maximum atomic E-state index is 13.4. The van der Waals surface area contributed by atoms with Gasteiger partial charge in [-0.25, -0.2) is 8.96 Å². The van der Waals surface area contributed by atoms with Gasteiger partial charge in [0.05, 0.1) is 29.8 Å². The molecule has 5 rings (SSSR count). The Morgan fingerprint density at radius 3 is 2.63 bits per heavy atom. The smallest absolute Gasteiger partial charge is 0.267 e. The molecule has 178 valence electrons. The molecule has 35 heavy (non-hydrogen) atoms. The molecule has 0 saturated carbocycles. The molecule has 3 aromatic carbocycles. The van der Waals surface area contributed by atoms with Crippen LogP contribution in [0.25, 0.3) is 22.4 Å². The molecule has 5 aromatic rings. The monoisotopic (exact) mass is 492 g/mol. The maximum Gasteiger partial charge on any atom is 0.267 e. The Bertz CT molecular complexity index is 1550. The number of halogens is 1. The molecule has 1 atom stereocenters. The van der Waals surface area contributed by atoms with Crippen molar-refractivity contribution in [3.63, 3.8) is 0 Å². The Labute approximate surface area is 203 Å². The number of fused-ring (bicyclic) bond motifs is 3. The average molecular weight is 493 g/mol. The number of ether oxygens (including phenoxy) is 2. The van der Waals surface area contributed by atoms with Crippen molar-refractivity contribution < 1.29 is 19.0 Å². The van der Waals surface area contributed by atoms with E-state index in [-0.39, 0.29) is 23.7 Å². The van der Waals surface area contributed by atoms with Crippen molar-refractivity contribution in [3.05, 3.63) is 89.0 Å². The topological polar surface area (TPSA) is 90.9 Å². The summed E-state index contributed by atoms with van der Waals surface area (Å²) in [6, 6.07) is 20.0. The SMILES string of the molecule is COc1cccc(-n2c(=O)c3ccccc3n3c(SC[C@H](O)COc4ccc(F)cc4)nnc23)c1. The summed E-state index contributed by atoms with van der Waals surface area (Å²) in [5, 5.41) is 20.1. The van der Waals surface area contributed by atoms with E-state index in [1.165, 1.54) is 40.6 Å². The van der Waals surface area contributed by atoms with Crippen LogP contribution in [0, 0.1) is 5.82 Å². The fourth-order valence-electron chi connectivity index (χ4n) is 3.70. The lowest BCUT2D eigenvalue weighted by atomic mass is 10.2. The molecule has 0 aliphatic carbocycles. The Morgan fingerprint density at radius 1 is 1.03 bits per heavy atom. The summed E-state index contributed by atoms with van der Waals surface area (Å²) in [6.07, 6.45) is -0.812. The zero-order valence-electron chi connectivity index (χ0n) is 18.7. The van der Waals surface area contributed by atoms with E-state index in [1.54, 1.807) is 47.9 Å². The molecule has 0 amide bonds. The number of hydrogen-bond acceptors (Lipinski definition) is 7. The number of aliphatic hydroxyl groups excluding tert-OH is 1. The second-order valence-corrected chi connectivity index (χ2v) is 8.69. The molecule has 0 bridgehead atoms. The number of aromatic nitrogens is 4. The van der Waals surface area contributed by atoms with Crippen molar-refractivity contribution in [1.82, 2.24) is 19.2 Å². The van der Waals surface area contributed by atoms with Crippen molar-refractivity contribution in [3.8, 4) is 17.2 Å². The summed E-state index contributed by atoms with van der Waals surface area (Å²) < 4.78 is 27.2. The van der Waals surface area contributed by atoms with Crippen LogP contribution in [0.2, 0.25) is 0 Å². The third-order valence-corrected chi connectivity index (χ3v) is 6.44. The van der Waals surface area contributed by atoms with Gasteiger partial charge in [-0.15, -0.1) is 10.2 Å². The molecule has 2 aromatic heterocycles. The number of aliphatic hydroxyl groups is 1. The maximum absolute atomic E-state index is 13.4. The second kappa shape index (κ2) is 9.77. The lowest BCUT2D eigenvalue weighted by Gasteiger charge is -2.13. The molecular formula is C25H21FN4O4S. The van der Waals surface area contributed by atoms with Crippen LogP contribution in [0.4, 0.5) is 4.39 Å². The van der Waals surface area contributed by atoms with E-state index < -0.39 is 6.10 Å². The highest BCUT2D eigenvalue weighted by atomic mass is 32.2. The fourth-order valence-corrected chi connectivity index (χ4v) is 4.54. The van der Waals surface area contributed by atoms with Gasteiger partial charge in [0.1, 0.15) is 23.9 Å². The zero-order chi connectivity index (χ0) is 24.4. The molecule has 2 heterocycles. The minimum absolute atomic E-state index is 0.0324. The average Bonchev–Trinajstić information content (AvgIpc) is 3.31. The van der Waals surface area contributed by atoms with E-state index >= 15 is 0 Å². The second-order valence-electron chi connectivity index (χ2n) is 7.71. The molecule has 0 unspecified atom stereocenters. The molecule has 0 spiro atoms. The first kappa shape index (κ1) is 22.9. The highest BCUT2D eigenvalue weighted by Crippen LogP contribution is 2.25. The van der Waals surface area contributed by atoms with E-state index in [1.807, 2.05) is 12.1 Å². The first-order chi connectivity index (χ1) is 17.0. The zero-order valence-corrected chi connectivity index (χ0v) is 19.5. The van der Waals surface area contributed by atoms with Crippen LogP contribution in [-0.4, -0.2) is 49.8 Å². The minimum Gasteiger partial charge on any atom is -0.497 e. The van der Waals surface area contributed by atoms with Crippen LogP contribution in [0.15, 0.2) is 82.7 Å². The van der Waals surface area contributed by atoms with E-state index in [0.717, 1.165) is 0 Å². The summed E-state index contributed by atoms with van der Waals surface area (Å²) in [5.41, 5.74) is 1.04. The number of thioether (sulfide) groups is 1. The van der Waals surface area contributed by atoms with Crippen molar-refractivity contribution in [2.75, 3.05) is 19.5 Å². The van der Waals surface area contributed by atoms with Gasteiger partial charge in [0.2, 0.25) is 5.78 Å². The standard InChI is InChI=1S/C25H21FN4O4S/c1-33-20-6-4-5-17(13-20)29-23(32)21-7-2-3-8-22(21)30-24(29)27-28-25(30)35-15-18(31)14-34-19-11-9-16(26)10-12-19/h2-13,18,31H,14-15H2,1H3/t18-/m1/s1. The summed E-state index contributed by atoms with van der Waals surface area (Å²) in [6.45, 7) is 0.0324. The number of para-hydroxylation sites is 1. The summed E-state index contributed by atoms with van der Waals surface area (Å²) in [7, 11) is 1.56. The van der Waals surface area contributed by atoms with Gasteiger partial charge >= 0.3 is 0 Å². The van der Waals surface area contributed by atoms with E-state index in [4.69, 9.17) is 9.47 Å². The number of benzene rings is 3. The van der Waals surface area contributed by atoms with Gasteiger partial charge in [-0.2, -0.15) is 0 Å². The van der Waals surface area contributed by atoms with E-state index in [2.05, 4.69) is 10.2 Å². The normalized spacial score (nSPS) is 12.2. The Kier molecular flexibility index (Phi) is 6.39. The van der Waals surface area contributed by atoms with Gasteiger partial charge in [-0.05, 0) is 48.5 Å². The van der Waals surface area contributed by atoms with Crippen molar-refractivity contribution in [1.29, 1.82) is 0 Å². The van der Waals surface area contributed by atoms with E-state index in [9.17, 15) is 14.3 Å². The van der Waals surface area contributed by atoms with Crippen molar-refractivity contribution >= 4 is 28.4 Å². The first-order valence-electron chi connectivity index (χ1n) is 10.8. The predicted octanol–water partition coefficient (Wildman–Crippen LogP) is 3.71. The van der Waals surface area contributed by atoms with Crippen LogP contribution >= 0.6 is 11.8 Å². The largest absolute Gasteiger partial charge is 0.497 e. The van der Waals surface area contributed by atoms with Gasteiger partial charge in [-0.1, -0.05) is 30.0 Å². The Hall–Kier alpha value is -3.89. The highest BCUT2D eigenvalue weighted by Gasteiger charge is 2.19. The van der Waals surface area contributed by atoms with Crippen LogP contribution in [0.1, 0.15) is 0 Å². The molecule has 0 radical (unpaired) electrons. The summed E-state index contributed by atoms with van der Waals surface area (Å²) in [4.78, 5) is 13.4. The van der Waals surface area contributed by atoms with Crippen LogP contribution in [0.3, 0.4) is 0 Å². The third-order valence-electron chi connectivity index (χ3n) is 5.37. The van der Waals surface area contributed by atoms with Gasteiger partial charge < -0.3 is 14.6 Å². The fraction of sp³-hybridized carbons (Fsp3) is 0.160. The molecule has 0 fully saturated rings. The summed E-state index contributed by atoms with van der Waals surface area (Å²) in [5.74, 6) is 1.35. The highest BCUT2D eigenvalue weighted by molar-refractivity contribution is 7.99. The van der Waals surface area contributed by atoms with Crippen molar-refractivity contribution in [2.24, 2.45) is 0 Å². The van der Waals surface area contributed by atoms with Gasteiger partial charge in [0.15, 0.2) is 5.16 Å². The van der Waals surface area contributed by atoms with Gasteiger partial charge in [-0.3, -0.25) is 9.20 Å². The van der Waals surface area contributed by atoms with Crippen LogP contribution in [-0.2, 0) is 0 Å². The van der Waals surface area contributed by atoms with E-state index in [0.29, 0.717) is 39.0 Å². The van der Waals surface area contributed by atoms with Crippen LogP contribution in [0.5, 0.6) is 11.5 Å². The molecule has 0 saturated heterocycles. The molecule has 1 N–H and O–H groups in total. The van der Waals surface area contributed by atoms with Gasteiger partial charge in [0.25, 0.3) is 5.56 Å². The molecule has 8 nitrogen and oxygen atoms in total. The molecule has 0 aliphatic heterocycles. The number of methoxy groups -OCH3 is 1. The number of rotatable bonds is 8. The Balaban J connectivity index is 1.47. The van der Waals surface area contributed by atoms with Gasteiger partial charge in [0, 0.05) is 11.8 Å². The molecular weight excluding hydrogens is 471 g/mol. The van der Waals surface area contributed by atoms with Crippen LogP contribution < -0.4 is 15.0 Å². The number of nitrogens with zero attached hydrogens (tertiary/aromatic N) is 4. The molecule has 10 heteroatoms. The lowest BCUT2D eigenvalue weighted by molar-refractivity contribution is 0.126. The summed E-state index contributed by atoms with van der Waals surface area (Å²) >= 11 is 1.29. The quantitative estimate of drug-likeness (QED) is 0.330. The predicted molar refractivity (Wildman–Crippen MR) is 131 cm³/mol. The number of hydrogen-bond donors (Lipinski definition) is 1. The minimum atomic E-state index is -0.812. The third kappa shape index (κ3) is 4.58. The molecule has 0 aliphatic rings.